The number of carbonyl (C=O) groups excluding carboxylic acids is 1. The number of piperidine rings is 1. The maximum absolute atomic E-state index is 12.1. The summed E-state index contributed by atoms with van der Waals surface area (Å²) in [7, 11) is 3.20. The highest BCUT2D eigenvalue weighted by molar-refractivity contribution is 5.81. The van der Waals surface area contributed by atoms with Gasteiger partial charge in [0.2, 0.25) is 5.91 Å². The minimum absolute atomic E-state index is 0.152. The van der Waals surface area contributed by atoms with Gasteiger partial charge in [-0.3, -0.25) is 4.79 Å². The number of rotatable bonds is 5. The van der Waals surface area contributed by atoms with Crippen molar-refractivity contribution in [2.75, 3.05) is 39.2 Å². The molecule has 0 atom stereocenters. The summed E-state index contributed by atoms with van der Waals surface area (Å²) in [5.41, 5.74) is 0.855. The average molecular weight is 278 g/mol. The fourth-order valence-corrected chi connectivity index (χ4v) is 2.38. The second-order valence-electron chi connectivity index (χ2n) is 4.86. The van der Waals surface area contributed by atoms with Crippen LogP contribution < -0.4 is 14.8 Å². The van der Waals surface area contributed by atoms with Gasteiger partial charge in [-0.05, 0) is 31.4 Å². The number of hydrogen-bond acceptors (Lipinski definition) is 4. The molecule has 1 aromatic carbocycles. The summed E-state index contributed by atoms with van der Waals surface area (Å²) in [6, 6.07) is 5.54. The smallest absolute Gasteiger partial charge is 0.241 e. The van der Waals surface area contributed by atoms with Crippen LogP contribution in [0.25, 0.3) is 0 Å². The molecule has 1 saturated heterocycles. The Kier molecular flexibility index (Phi) is 5.09. The maximum atomic E-state index is 12.1. The highest BCUT2D eigenvalue weighted by Gasteiger charge is 2.16. The van der Waals surface area contributed by atoms with E-state index in [-0.39, 0.29) is 5.91 Å². The molecule has 0 radical (unpaired) electrons. The molecule has 2 rings (SSSR count). The molecule has 1 aromatic rings. The maximum Gasteiger partial charge on any atom is 0.241 e. The lowest BCUT2D eigenvalue weighted by Crippen LogP contribution is -2.39. The van der Waals surface area contributed by atoms with Crippen LogP contribution in [0, 0.1) is 0 Å². The molecule has 5 nitrogen and oxygen atoms in total. The van der Waals surface area contributed by atoms with Crippen molar-refractivity contribution >= 4 is 11.6 Å². The summed E-state index contributed by atoms with van der Waals surface area (Å²) in [6.07, 6.45) is 3.46. The Morgan fingerprint density at radius 3 is 2.50 bits per heavy atom. The topological polar surface area (TPSA) is 50.8 Å². The van der Waals surface area contributed by atoms with Crippen molar-refractivity contribution < 1.29 is 14.3 Å². The monoisotopic (exact) mass is 278 g/mol. The molecule has 20 heavy (non-hydrogen) atoms. The molecule has 5 heteroatoms. The number of nitrogens with zero attached hydrogens (tertiary/aromatic N) is 1. The van der Waals surface area contributed by atoms with Crippen LogP contribution in [-0.4, -0.2) is 44.7 Å². The van der Waals surface area contributed by atoms with E-state index in [0.717, 1.165) is 31.6 Å². The van der Waals surface area contributed by atoms with Crippen LogP contribution in [0.5, 0.6) is 11.5 Å². The van der Waals surface area contributed by atoms with E-state index in [0.29, 0.717) is 18.0 Å². The first-order valence-corrected chi connectivity index (χ1v) is 6.98. The van der Waals surface area contributed by atoms with E-state index in [2.05, 4.69) is 5.32 Å². The van der Waals surface area contributed by atoms with E-state index < -0.39 is 0 Å². The highest BCUT2D eigenvalue weighted by Crippen LogP contribution is 2.29. The van der Waals surface area contributed by atoms with E-state index in [1.807, 2.05) is 23.1 Å². The SMILES string of the molecule is COc1ccc(NCC(=O)N2CCCCC2)cc1OC. The first kappa shape index (κ1) is 14.5. The summed E-state index contributed by atoms with van der Waals surface area (Å²) in [5.74, 6) is 1.49. The summed E-state index contributed by atoms with van der Waals surface area (Å²) in [6.45, 7) is 2.08. The molecule has 0 unspecified atom stereocenters. The lowest BCUT2D eigenvalue weighted by atomic mass is 10.1. The van der Waals surface area contributed by atoms with Crippen LogP contribution in [0.4, 0.5) is 5.69 Å². The molecule has 110 valence electrons. The molecule has 1 fully saturated rings. The zero-order chi connectivity index (χ0) is 14.4. The fourth-order valence-electron chi connectivity index (χ4n) is 2.38. The van der Waals surface area contributed by atoms with Gasteiger partial charge in [-0.15, -0.1) is 0 Å². The zero-order valence-electron chi connectivity index (χ0n) is 12.1. The third-order valence-electron chi connectivity index (χ3n) is 3.54. The van der Waals surface area contributed by atoms with Gasteiger partial charge in [0.1, 0.15) is 0 Å². The normalized spacial score (nSPS) is 14.8. The highest BCUT2D eigenvalue weighted by atomic mass is 16.5. The van der Waals surface area contributed by atoms with Crippen molar-refractivity contribution in [3.8, 4) is 11.5 Å². The molecule has 0 aromatic heterocycles. The summed E-state index contributed by atoms with van der Waals surface area (Å²) in [4.78, 5) is 14.0. The van der Waals surface area contributed by atoms with Gasteiger partial charge in [-0.2, -0.15) is 0 Å². The Bertz CT molecular complexity index is 456. The van der Waals surface area contributed by atoms with Gasteiger partial charge in [-0.1, -0.05) is 0 Å². The standard InChI is InChI=1S/C15H22N2O3/c1-19-13-7-6-12(10-14(13)20-2)16-11-15(18)17-8-4-3-5-9-17/h6-7,10,16H,3-5,8-9,11H2,1-2H3. The molecule has 0 spiro atoms. The first-order chi connectivity index (χ1) is 9.74. The molecular formula is C15H22N2O3. The third-order valence-corrected chi connectivity index (χ3v) is 3.54. The van der Waals surface area contributed by atoms with Gasteiger partial charge in [-0.25, -0.2) is 0 Å². The number of carbonyl (C=O) groups is 1. The first-order valence-electron chi connectivity index (χ1n) is 6.98. The minimum Gasteiger partial charge on any atom is -0.493 e. The number of hydrogen-bond donors (Lipinski definition) is 1. The lowest BCUT2D eigenvalue weighted by Gasteiger charge is -2.27. The molecule has 0 saturated carbocycles. The van der Waals surface area contributed by atoms with Crippen molar-refractivity contribution in [1.82, 2.24) is 4.90 Å². The van der Waals surface area contributed by atoms with Gasteiger partial charge in [0, 0.05) is 24.8 Å². The largest absolute Gasteiger partial charge is 0.493 e. The lowest BCUT2D eigenvalue weighted by molar-refractivity contribution is -0.130. The fraction of sp³-hybridized carbons (Fsp3) is 0.533. The Balaban J connectivity index is 1.91. The average Bonchev–Trinajstić information content (AvgIpc) is 2.53. The van der Waals surface area contributed by atoms with Crippen molar-refractivity contribution in [3.63, 3.8) is 0 Å². The second kappa shape index (κ2) is 7.03. The molecule has 1 aliphatic rings. The van der Waals surface area contributed by atoms with Crippen LogP contribution in [0.15, 0.2) is 18.2 Å². The Labute approximate surface area is 119 Å². The number of ether oxygens (including phenoxy) is 2. The van der Waals surface area contributed by atoms with Gasteiger partial charge in [0.05, 0.1) is 20.8 Å². The predicted molar refractivity (Wildman–Crippen MR) is 78.5 cm³/mol. The summed E-state index contributed by atoms with van der Waals surface area (Å²) >= 11 is 0. The van der Waals surface area contributed by atoms with Gasteiger partial charge in [0.25, 0.3) is 0 Å². The Hall–Kier alpha value is -1.91. The van der Waals surface area contributed by atoms with Crippen LogP contribution in [0.2, 0.25) is 0 Å². The van der Waals surface area contributed by atoms with Crippen molar-refractivity contribution in [3.05, 3.63) is 18.2 Å². The van der Waals surface area contributed by atoms with E-state index in [4.69, 9.17) is 9.47 Å². The van der Waals surface area contributed by atoms with Crippen LogP contribution in [-0.2, 0) is 4.79 Å². The van der Waals surface area contributed by atoms with Crippen LogP contribution >= 0.6 is 0 Å². The van der Waals surface area contributed by atoms with Crippen LogP contribution in [0.1, 0.15) is 19.3 Å². The van der Waals surface area contributed by atoms with E-state index >= 15 is 0 Å². The second-order valence-corrected chi connectivity index (χ2v) is 4.86. The summed E-state index contributed by atoms with van der Waals surface area (Å²) < 4.78 is 10.4. The number of nitrogens with one attached hydrogen (secondary N) is 1. The van der Waals surface area contributed by atoms with Gasteiger partial charge < -0.3 is 19.7 Å². The summed E-state index contributed by atoms with van der Waals surface area (Å²) in [5, 5.41) is 3.14. The number of methoxy groups -OCH3 is 2. The quantitative estimate of drug-likeness (QED) is 0.896. The van der Waals surface area contributed by atoms with E-state index in [9.17, 15) is 4.79 Å². The van der Waals surface area contributed by atoms with E-state index in [1.165, 1.54) is 6.42 Å². The number of amides is 1. The molecule has 0 aliphatic carbocycles. The third kappa shape index (κ3) is 3.56. The number of anilines is 1. The Morgan fingerprint density at radius 1 is 1.15 bits per heavy atom. The molecule has 1 aliphatic heterocycles. The molecule has 1 amide bonds. The minimum atomic E-state index is 0.152. The zero-order valence-corrected chi connectivity index (χ0v) is 12.1. The van der Waals surface area contributed by atoms with Gasteiger partial charge >= 0.3 is 0 Å². The van der Waals surface area contributed by atoms with E-state index in [1.54, 1.807) is 14.2 Å². The van der Waals surface area contributed by atoms with Crippen molar-refractivity contribution in [2.24, 2.45) is 0 Å². The molecule has 0 bridgehead atoms. The Morgan fingerprint density at radius 2 is 1.85 bits per heavy atom. The number of likely N-dealkylation sites (tertiary alicyclic amines) is 1. The van der Waals surface area contributed by atoms with Gasteiger partial charge in [0.15, 0.2) is 11.5 Å². The van der Waals surface area contributed by atoms with Crippen molar-refractivity contribution in [1.29, 1.82) is 0 Å². The molecular weight excluding hydrogens is 256 g/mol. The predicted octanol–water partition coefficient (Wildman–Crippen LogP) is 2.13. The molecule has 1 N–H and O–H groups in total. The van der Waals surface area contributed by atoms with Crippen LogP contribution in [0.3, 0.4) is 0 Å². The molecule has 1 heterocycles. The van der Waals surface area contributed by atoms with Crippen molar-refractivity contribution in [2.45, 2.75) is 19.3 Å². The number of benzene rings is 1.